The second-order valence-electron chi connectivity index (χ2n) is 6.46. The molecule has 3 atom stereocenters. The summed E-state index contributed by atoms with van der Waals surface area (Å²) in [5.41, 5.74) is 0. The van der Waals surface area contributed by atoms with E-state index in [1.807, 2.05) is 11.6 Å². The van der Waals surface area contributed by atoms with Crippen molar-refractivity contribution in [3.05, 3.63) is 12.7 Å². The van der Waals surface area contributed by atoms with Crippen molar-refractivity contribution < 1.29 is 8.42 Å². The van der Waals surface area contributed by atoms with Crippen LogP contribution in [0.5, 0.6) is 0 Å². The van der Waals surface area contributed by atoms with Crippen molar-refractivity contribution in [2.75, 3.05) is 25.9 Å². The Morgan fingerprint density at radius 1 is 1.36 bits per heavy atom. The maximum Gasteiger partial charge on any atom is 0.214 e. The van der Waals surface area contributed by atoms with Crippen LogP contribution in [-0.4, -0.2) is 70.4 Å². The molecule has 3 rings (SSSR count). The molecule has 1 aromatic heterocycles. The van der Waals surface area contributed by atoms with Gasteiger partial charge in [0.1, 0.15) is 12.7 Å². The molecule has 2 saturated heterocycles. The number of sulfonamides is 1. The minimum Gasteiger partial charge on any atom is -0.298 e. The molecule has 0 amide bonds. The number of rotatable bonds is 5. The van der Waals surface area contributed by atoms with Crippen molar-refractivity contribution in [2.24, 2.45) is 5.92 Å². The first kappa shape index (κ1) is 15.9. The molecule has 0 aromatic carbocycles. The SMILES string of the molecule is CCCS(=O)(=O)N1CC[C@@H]2[C@@H](C[C@H](Cn3cncn3)N2C)C1. The highest BCUT2D eigenvalue weighted by molar-refractivity contribution is 7.89. The third-order valence-corrected chi connectivity index (χ3v) is 7.09. The molecule has 0 radical (unpaired) electrons. The molecule has 124 valence electrons. The lowest BCUT2D eigenvalue weighted by Crippen LogP contribution is -2.48. The molecule has 3 heterocycles. The monoisotopic (exact) mass is 327 g/mol. The summed E-state index contributed by atoms with van der Waals surface area (Å²) in [6, 6.07) is 0.895. The molecule has 0 bridgehead atoms. The van der Waals surface area contributed by atoms with Gasteiger partial charge in [0.2, 0.25) is 10.0 Å². The van der Waals surface area contributed by atoms with E-state index in [0.717, 1.165) is 19.4 Å². The third kappa shape index (κ3) is 3.04. The first-order valence-corrected chi connectivity index (χ1v) is 9.64. The lowest BCUT2D eigenvalue weighted by Gasteiger charge is -2.36. The van der Waals surface area contributed by atoms with Crippen molar-refractivity contribution >= 4 is 10.0 Å². The van der Waals surface area contributed by atoms with Gasteiger partial charge in [-0.3, -0.25) is 9.58 Å². The van der Waals surface area contributed by atoms with Gasteiger partial charge in [-0.05, 0) is 32.2 Å². The van der Waals surface area contributed by atoms with Gasteiger partial charge in [0.25, 0.3) is 0 Å². The molecule has 2 aliphatic rings. The van der Waals surface area contributed by atoms with Gasteiger partial charge in [0, 0.05) is 25.2 Å². The summed E-state index contributed by atoms with van der Waals surface area (Å²) < 4.78 is 28.1. The first-order chi connectivity index (χ1) is 10.5. The standard InChI is InChI=1S/C14H25N5O2S/c1-3-6-22(20,21)19-5-4-14-12(8-19)7-13(17(14)2)9-18-11-15-10-16-18/h10-14H,3-9H2,1-2H3/t12-,13+,14+/m0/s1. The zero-order chi connectivity index (χ0) is 15.7. The quantitative estimate of drug-likeness (QED) is 0.783. The van der Waals surface area contributed by atoms with Gasteiger partial charge in [-0.2, -0.15) is 5.10 Å². The normalized spacial score (nSPS) is 30.5. The zero-order valence-corrected chi connectivity index (χ0v) is 14.1. The van der Waals surface area contributed by atoms with Crippen LogP contribution in [0.15, 0.2) is 12.7 Å². The smallest absolute Gasteiger partial charge is 0.214 e. The van der Waals surface area contributed by atoms with Crippen LogP contribution in [0, 0.1) is 5.92 Å². The largest absolute Gasteiger partial charge is 0.298 e. The van der Waals surface area contributed by atoms with Crippen molar-refractivity contribution in [1.82, 2.24) is 24.0 Å². The fourth-order valence-electron chi connectivity index (χ4n) is 3.93. The second-order valence-corrected chi connectivity index (χ2v) is 8.55. The van der Waals surface area contributed by atoms with E-state index in [9.17, 15) is 8.42 Å². The summed E-state index contributed by atoms with van der Waals surface area (Å²) in [6.07, 6.45) is 5.94. The van der Waals surface area contributed by atoms with E-state index in [0.29, 0.717) is 37.5 Å². The maximum absolute atomic E-state index is 12.3. The van der Waals surface area contributed by atoms with Gasteiger partial charge in [-0.15, -0.1) is 0 Å². The van der Waals surface area contributed by atoms with Crippen LogP contribution in [0.1, 0.15) is 26.2 Å². The van der Waals surface area contributed by atoms with Crippen LogP contribution >= 0.6 is 0 Å². The fraction of sp³-hybridized carbons (Fsp3) is 0.857. The van der Waals surface area contributed by atoms with E-state index in [1.54, 1.807) is 17.0 Å². The molecule has 0 N–H and O–H groups in total. The number of nitrogens with zero attached hydrogens (tertiary/aromatic N) is 5. The number of piperidine rings is 1. The molecule has 2 fully saturated rings. The first-order valence-electron chi connectivity index (χ1n) is 8.03. The van der Waals surface area contributed by atoms with Gasteiger partial charge in [0.15, 0.2) is 0 Å². The Balaban J connectivity index is 1.66. The average Bonchev–Trinajstić information content (AvgIpc) is 3.08. The summed E-state index contributed by atoms with van der Waals surface area (Å²) >= 11 is 0. The number of hydrogen-bond acceptors (Lipinski definition) is 5. The second kappa shape index (κ2) is 6.25. The Bertz CT molecular complexity index is 588. The van der Waals surface area contributed by atoms with Crippen LogP contribution < -0.4 is 0 Å². The Hall–Kier alpha value is -0.990. The molecule has 2 aliphatic heterocycles. The lowest BCUT2D eigenvalue weighted by molar-refractivity contribution is 0.155. The van der Waals surface area contributed by atoms with E-state index in [1.165, 1.54) is 0 Å². The summed E-state index contributed by atoms with van der Waals surface area (Å²) in [4.78, 5) is 6.40. The molecule has 22 heavy (non-hydrogen) atoms. The molecular weight excluding hydrogens is 302 g/mol. The van der Waals surface area contributed by atoms with Gasteiger partial charge in [-0.1, -0.05) is 6.92 Å². The zero-order valence-electron chi connectivity index (χ0n) is 13.3. The third-order valence-electron chi connectivity index (χ3n) is 5.05. The lowest BCUT2D eigenvalue weighted by atomic mass is 9.93. The predicted molar refractivity (Wildman–Crippen MR) is 83.7 cm³/mol. The highest BCUT2D eigenvalue weighted by Gasteiger charge is 2.44. The molecule has 0 spiro atoms. The van der Waals surface area contributed by atoms with E-state index in [2.05, 4.69) is 22.0 Å². The predicted octanol–water partition coefficient (Wildman–Crippen LogP) is 0.413. The van der Waals surface area contributed by atoms with Crippen LogP contribution in [0.25, 0.3) is 0 Å². The van der Waals surface area contributed by atoms with Gasteiger partial charge in [-0.25, -0.2) is 17.7 Å². The molecule has 1 aromatic rings. The number of fused-ring (bicyclic) bond motifs is 1. The van der Waals surface area contributed by atoms with Crippen molar-refractivity contribution in [3.8, 4) is 0 Å². The van der Waals surface area contributed by atoms with Crippen molar-refractivity contribution in [1.29, 1.82) is 0 Å². The van der Waals surface area contributed by atoms with E-state index < -0.39 is 10.0 Å². The van der Waals surface area contributed by atoms with Crippen molar-refractivity contribution in [3.63, 3.8) is 0 Å². The minimum absolute atomic E-state index is 0.266. The Kier molecular flexibility index (Phi) is 4.52. The maximum atomic E-state index is 12.3. The number of hydrogen-bond donors (Lipinski definition) is 0. The summed E-state index contributed by atoms with van der Waals surface area (Å²) in [5.74, 6) is 0.696. The number of aromatic nitrogens is 3. The topological polar surface area (TPSA) is 71.3 Å². The average molecular weight is 327 g/mol. The van der Waals surface area contributed by atoms with Gasteiger partial charge < -0.3 is 0 Å². The summed E-state index contributed by atoms with van der Waals surface area (Å²) in [5, 5.41) is 4.18. The number of likely N-dealkylation sites (tertiary alicyclic amines) is 1. The molecule has 0 saturated carbocycles. The Morgan fingerprint density at radius 2 is 2.18 bits per heavy atom. The van der Waals surface area contributed by atoms with Crippen LogP contribution in [-0.2, 0) is 16.6 Å². The fourth-order valence-corrected chi connectivity index (χ4v) is 5.50. The highest BCUT2D eigenvalue weighted by Crippen LogP contribution is 2.35. The van der Waals surface area contributed by atoms with E-state index in [-0.39, 0.29) is 5.75 Å². The highest BCUT2D eigenvalue weighted by atomic mass is 32.2. The molecule has 0 aliphatic carbocycles. The van der Waals surface area contributed by atoms with E-state index >= 15 is 0 Å². The molecule has 8 heteroatoms. The minimum atomic E-state index is -3.07. The van der Waals surface area contributed by atoms with Crippen LogP contribution in [0.2, 0.25) is 0 Å². The summed E-state index contributed by atoms with van der Waals surface area (Å²) in [6.45, 7) is 4.07. The van der Waals surface area contributed by atoms with E-state index in [4.69, 9.17) is 0 Å². The molecule has 0 unspecified atom stereocenters. The van der Waals surface area contributed by atoms with Crippen LogP contribution in [0.3, 0.4) is 0 Å². The number of likely N-dealkylation sites (N-methyl/N-ethyl adjacent to an activating group) is 1. The summed E-state index contributed by atoms with van der Waals surface area (Å²) in [7, 11) is -0.914. The van der Waals surface area contributed by atoms with Crippen molar-refractivity contribution in [2.45, 2.75) is 44.8 Å². The van der Waals surface area contributed by atoms with Crippen LogP contribution in [0.4, 0.5) is 0 Å². The Labute approximate surface area is 132 Å². The van der Waals surface area contributed by atoms with Gasteiger partial charge >= 0.3 is 0 Å². The molecular formula is C14H25N5O2S. The van der Waals surface area contributed by atoms with Gasteiger partial charge in [0.05, 0.1) is 12.3 Å². The Morgan fingerprint density at radius 3 is 2.86 bits per heavy atom. The molecule has 7 nitrogen and oxygen atoms in total.